The molecule has 5 rings (SSSR count). The molecule has 3 aromatic rings. The lowest BCUT2D eigenvalue weighted by atomic mass is 10.1. The fourth-order valence-corrected chi connectivity index (χ4v) is 4.39. The van der Waals surface area contributed by atoms with Crippen molar-refractivity contribution >= 4 is 35.0 Å². The molecular weight excluding hydrogens is 443 g/mol. The molecule has 0 saturated carbocycles. The zero-order valence-electron chi connectivity index (χ0n) is 16.6. The monoisotopic (exact) mass is 459 g/mol. The first-order valence-electron chi connectivity index (χ1n) is 9.95. The Morgan fingerprint density at radius 1 is 1.16 bits per heavy atom. The van der Waals surface area contributed by atoms with Gasteiger partial charge in [-0.15, -0.1) is 0 Å². The van der Waals surface area contributed by atoms with Crippen LogP contribution in [-0.2, 0) is 6.18 Å². The second kappa shape index (κ2) is 7.67. The van der Waals surface area contributed by atoms with Crippen molar-refractivity contribution in [1.29, 1.82) is 0 Å². The molecular formula is C22H17ClF3N5O. The minimum absolute atomic E-state index is 0.116. The second-order valence-corrected chi connectivity index (χ2v) is 8.05. The molecule has 2 aliphatic rings. The minimum atomic E-state index is -4.49. The van der Waals surface area contributed by atoms with Crippen molar-refractivity contribution in [2.75, 3.05) is 28.2 Å². The van der Waals surface area contributed by atoms with E-state index in [1.807, 2.05) is 0 Å². The Balaban J connectivity index is 1.58. The summed E-state index contributed by atoms with van der Waals surface area (Å²) < 4.78 is 39.6. The molecule has 1 N–H and O–H groups in total. The molecule has 10 heteroatoms. The van der Waals surface area contributed by atoms with E-state index in [1.54, 1.807) is 35.4 Å². The van der Waals surface area contributed by atoms with Gasteiger partial charge in [0.25, 0.3) is 0 Å². The van der Waals surface area contributed by atoms with Gasteiger partial charge in [0, 0.05) is 24.8 Å². The molecule has 0 aliphatic carbocycles. The van der Waals surface area contributed by atoms with Crippen LogP contribution in [0.15, 0.2) is 54.7 Å². The number of carbonyl (C=O) groups excluding carboxylic acids is 1. The number of alkyl halides is 3. The summed E-state index contributed by atoms with van der Waals surface area (Å²) in [4.78, 5) is 25.5. The summed E-state index contributed by atoms with van der Waals surface area (Å²) in [6, 6.07) is 11.2. The minimum Gasteiger partial charge on any atom is -0.366 e. The smallest absolute Gasteiger partial charge is 0.366 e. The first-order chi connectivity index (χ1) is 15.3. The van der Waals surface area contributed by atoms with Crippen LogP contribution < -0.4 is 15.1 Å². The molecule has 1 atom stereocenters. The molecule has 2 aliphatic heterocycles. The predicted molar refractivity (Wildman–Crippen MR) is 116 cm³/mol. The van der Waals surface area contributed by atoms with Gasteiger partial charge in [0.1, 0.15) is 5.82 Å². The normalized spacial score (nSPS) is 17.3. The van der Waals surface area contributed by atoms with Crippen LogP contribution in [0.25, 0.3) is 11.3 Å². The Morgan fingerprint density at radius 3 is 2.75 bits per heavy atom. The highest BCUT2D eigenvalue weighted by Gasteiger charge is 2.41. The molecule has 1 aromatic carbocycles. The molecule has 164 valence electrons. The Morgan fingerprint density at radius 2 is 2.00 bits per heavy atom. The quantitative estimate of drug-likeness (QED) is 0.554. The number of fused-ring (bicyclic) bond motifs is 4. The van der Waals surface area contributed by atoms with Crippen molar-refractivity contribution in [3.05, 3.63) is 65.3 Å². The number of urea groups is 1. The van der Waals surface area contributed by atoms with Crippen molar-refractivity contribution < 1.29 is 18.0 Å². The molecule has 2 aromatic heterocycles. The predicted octanol–water partition coefficient (Wildman–Crippen LogP) is 5.45. The highest BCUT2D eigenvalue weighted by Crippen LogP contribution is 2.43. The van der Waals surface area contributed by atoms with Gasteiger partial charge >= 0.3 is 12.2 Å². The molecule has 2 bridgehead atoms. The van der Waals surface area contributed by atoms with Crippen LogP contribution >= 0.6 is 11.6 Å². The van der Waals surface area contributed by atoms with Crippen molar-refractivity contribution in [2.24, 2.45) is 0 Å². The van der Waals surface area contributed by atoms with Gasteiger partial charge in [-0.3, -0.25) is 10.2 Å². The first kappa shape index (κ1) is 20.6. The van der Waals surface area contributed by atoms with E-state index in [1.165, 1.54) is 12.1 Å². The van der Waals surface area contributed by atoms with E-state index < -0.39 is 17.8 Å². The standard InChI is InChI=1S/C22H17ClF3N5O/c23-16-11-17-20(29-19(16)13-4-3-5-14(10-13)22(24,25)26)31(15-7-9-30(17)12-15)21(32)28-18-6-1-2-8-27-18/h1-6,8,10-11,15H,7,9,12H2,(H,27,28,32)/t15-/m0/s1. The summed E-state index contributed by atoms with van der Waals surface area (Å²) in [5, 5.41) is 2.99. The Bertz CT molecular complexity index is 1190. The molecule has 2 amide bonds. The van der Waals surface area contributed by atoms with Crippen LogP contribution in [0, 0.1) is 0 Å². The van der Waals surface area contributed by atoms with Gasteiger partial charge < -0.3 is 4.90 Å². The van der Waals surface area contributed by atoms with Crippen LogP contribution in [-0.4, -0.2) is 35.1 Å². The van der Waals surface area contributed by atoms with Crippen LogP contribution in [0.1, 0.15) is 12.0 Å². The van der Waals surface area contributed by atoms with E-state index in [-0.39, 0.29) is 22.3 Å². The van der Waals surface area contributed by atoms with Crippen molar-refractivity contribution in [3.8, 4) is 11.3 Å². The number of anilines is 3. The summed E-state index contributed by atoms with van der Waals surface area (Å²) in [6.45, 7) is 1.36. The fraction of sp³-hybridized carbons (Fsp3) is 0.227. The number of hydrogen-bond donors (Lipinski definition) is 1. The summed E-state index contributed by atoms with van der Waals surface area (Å²) >= 11 is 6.46. The van der Waals surface area contributed by atoms with E-state index in [2.05, 4.69) is 20.2 Å². The average molecular weight is 460 g/mol. The van der Waals surface area contributed by atoms with E-state index in [4.69, 9.17) is 11.6 Å². The third kappa shape index (κ3) is 3.62. The average Bonchev–Trinajstić information content (AvgIpc) is 3.19. The maximum Gasteiger partial charge on any atom is 0.416 e. The van der Waals surface area contributed by atoms with Crippen LogP contribution in [0.3, 0.4) is 0 Å². The van der Waals surface area contributed by atoms with Crippen molar-refractivity contribution in [1.82, 2.24) is 9.97 Å². The zero-order chi connectivity index (χ0) is 22.5. The number of halogens is 4. The summed E-state index contributed by atoms with van der Waals surface area (Å²) in [5.74, 6) is 0.760. The van der Waals surface area contributed by atoms with E-state index in [9.17, 15) is 18.0 Å². The second-order valence-electron chi connectivity index (χ2n) is 7.64. The molecule has 1 saturated heterocycles. The highest BCUT2D eigenvalue weighted by molar-refractivity contribution is 6.33. The van der Waals surface area contributed by atoms with E-state index in [0.29, 0.717) is 23.9 Å². The van der Waals surface area contributed by atoms with E-state index in [0.717, 1.165) is 25.1 Å². The van der Waals surface area contributed by atoms with Gasteiger partial charge in [0.05, 0.1) is 28.0 Å². The number of benzene rings is 1. The van der Waals surface area contributed by atoms with Gasteiger partial charge in [-0.2, -0.15) is 13.2 Å². The van der Waals surface area contributed by atoms with Crippen molar-refractivity contribution in [2.45, 2.75) is 18.6 Å². The number of nitrogens with zero attached hydrogens (tertiary/aromatic N) is 4. The van der Waals surface area contributed by atoms with Gasteiger partial charge in [0.15, 0.2) is 5.82 Å². The lowest BCUT2D eigenvalue weighted by Gasteiger charge is -2.36. The van der Waals surface area contributed by atoms with Crippen LogP contribution in [0.4, 0.5) is 35.3 Å². The Hall–Kier alpha value is -3.33. The SMILES string of the molecule is O=C(Nc1ccccn1)N1c2nc(-c3cccc(C(F)(F)F)c3)c(Cl)cc2N2CC[C@H]1C2. The fourth-order valence-electron chi connectivity index (χ4n) is 4.14. The number of pyridine rings is 2. The highest BCUT2D eigenvalue weighted by atomic mass is 35.5. The topological polar surface area (TPSA) is 61.4 Å². The number of carbonyl (C=O) groups is 1. The largest absolute Gasteiger partial charge is 0.416 e. The number of hydrogen-bond acceptors (Lipinski definition) is 4. The number of rotatable bonds is 2. The molecule has 1 fully saturated rings. The molecule has 0 spiro atoms. The molecule has 6 nitrogen and oxygen atoms in total. The third-order valence-electron chi connectivity index (χ3n) is 5.62. The Labute approximate surface area is 186 Å². The van der Waals surface area contributed by atoms with Crippen molar-refractivity contribution in [3.63, 3.8) is 0 Å². The Kier molecular flexibility index (Phi) is 4.93. The van der Waals surface area contributed by atoms with Gasteiger partial charge in [-0.25, -0.2) is 14.8 Å². The summed E-state index contributed by atoms with van der Waals surface area (Å²) in [7, 11) is 0. The molecule has 32 heavy (non-hydrogen) atoms. The lowest BCUT2D eigenvalue weighted by Crippen LogP contribution is -2.48. The van der Waals surface area contributed by atoms with E-state index >= 15 is 0 Å². The first-order valence-corrected chi connectivity index (χ1v) is 10.3. The number of amides is 2. The summed E-state index contributed by atoms with van der Waals surface area (Å²) in [6.07, 6.45) is -2.18. The lowest BCUT2D eigenvalue weighted by molar-refractivity contribution is -0.137. The number of aromatic nitrogens is 2. The van der Waals surface area contributed by atoms with Gasteiger partial charge in [0.2, 0.25) is 0 Å². The maximum atomic E-state index is 13.2. The van der Waals surface area contributed by atoms with Gasteiger partial charge in [-0.1, -0.05) is 29.8 Å². The van der Waals surface area contributed by atoms with Crippen LogP contribution in [0.5, 0.6) is 0 Å². The third-order valence-corrected chi connectivity index (χ3v) is 5.90. The van der Waals surface area contributed by atoms with Crippen LogP contribution in [0.2, 0.25) is 5.02 Å². The molecule has 4 heterocycles. The zero-order valence-corrected chi connectivity index (χ0v) is 17.4. The van der Waals surface area contributed by atoms with Gasteiger partial charge in [-0.05, 0) is 36.8 Å². The molecule has 0 unspecified atom stereocenters. The number of nitrogens with one attached hydrogen (secondary N) is 1. The molecule has 0 radical (unpaired) electrons. The summed E-state index contributed by atoms with van der Waals surface area (Å²) in [5.41, 5.74) is 0.301. The maximum absolute atomic E-state index is 13.2.